The predicted molar refractivity (Wildman–Crippen MR) is 106 cm³/mol. The Balaban J connectivity index is 1.73. The van der Waals surface area contributed by atoms with Crippen LogP contribution in [0.2, 0.25) is 0 Å². The number of nitrogens with one attached hydrogen (secondary N) is 2. The Morgan fingerprint density at radius 1 is 0.963 bits per heavy atom. The summed E-state index contributed by atoms with van der Waals surface area (Å²) in [6.07, 6.45) is 1.60. The van der Waals surface area contributed by atoms with E-state index in [2.05, 4.69) is 15.8 Å². The number of ether oxygens (including phenoxy) is 1. The summed E-state index contributed by atoms with van der Waals surface area (Å²) in [5, 5.41) is 8.67. The van der Waals surface area contributed by atoms with E-state index in [1.807, 2.05) is 36.4 Å². The number of hydrogen-bond acceptors (Lipinski definition) is 4. The lowest BCUT2D eigenvalue weighted by atomic mass is 10.0. The lowest BCUT2D eigenvalue weighted by molar-refractivity contribution is -0.114. The summed E-state index contributed by atoms with van der Waals surface area (Å²) in [4.78, 5) is 23.2. The van der Waals surface area contributed by atoms with Crippen LogP contribution >= 0.6 is 0 Å². The number of hydrogen-bond donors (Lipinski definition) is 2. The maximum absolute atomic E-state index is 12.2. The van der Waals surface area contributed by atoms with Gasteiger partial charge in [-0.1, -0.05) is 24.3 Å². The Kier molecular flexibility index (Phi) is 5.47. The maximum Gasteiger partial charge on any atom is 0.271 e. The number of amides is 2. The van der Waals surface area contributed by atoms with Crippen molar-refractivity contribution in [3.8, 4) is 5.75 Å². The molecule has 0 aliphatic rings. The van der Waals surface area contributed by atoms with Crippen LogP contribution in [0.4, 0.5) is 5.69 Å². The van der Waals surface area contributed by atoms with Gasteiger partial charge in [-0.3, -0.25) is 9.59 Å². The van der Waals surface area contributed by atoms with E-state index < -0.39 is 0 Å². The van der Waals surface area contributed by atoms with Gasteiger partial charge in [-0.15, -0.1) is 0 Å². The van der Waals surface area contributed by atoms with Crippen LogP contribution < -0.4 is 15.5 Å². The van der Waals surface area contributed by atoms with E-state index in [0.717, 1.165) is 22.1 Å². The van der Waals surface area contributed by atoms with Crippen LogP contribution in [0.1, 0.15) is 22.8 Å². The molecule has 2 amide bonds. The van der Waals surface area contributed by atoms with Gasteiger partial charge in [0, 0.05) is 29.1 Å². The molecule has 6 nitrogen and oxygen atoms in total. The van der Waals surface area contributed by atoms with Crippen LogP contribution in [0.3, 0.4) is 0 Å². The van der Waals surface area contributed by atoms with Gasteiger partial charge >= 0.3 is 0 Å². The fourth-order valence-corrected chi connectivity index (χ4v) is 2.72. The maximum atomic E-state index is 12.2. The zero-order chi connectivity index (χ0) is 19.2. The van der Waals surface area contributed by atoms with E-state index in [-0.39, 0.29) is 11.8 Å². The number of rotatable bonds is 5. The van der Waals surface area contributed by atoms with Gasteiger partial charge in [0.25, 0.3) is 5.91 Å². The third-order valence-corrected chi connectivity index (χ3v) is 3.97. The molecule has 0 saturated carbocycles. The molecule has 0 heterocycles. The van der Waals surface area contributed by atoms with Gasteiger partial charge in [0.1, 0.15) is 5.75 Å². The van der Waals surface area contributed by atoms with Gasteiger partial charge in [0.2, 0.25) is 5.91 Å². The summed E-state index contributed by atoms with van der Waals surface area (Å²) in [5.41, 5.74) is 4.46. The molecule has 0 bridgehead atoms. The smallest absolute Gasteiger partial charge is 0.271 e. The Hall–Kier alpha value is -3.67. The second kappa shape index (κ2) is 8.14. The summed E-state index contributed by atoms with van der Waals surface area (Å²) >= 11 is 0. The highest BCUT2D eigenvalue weighted by Crippen LogP contribution is 2.27. The SMILES string of the molecule is COc1ccc(/C=N\NC(=O)c2ccc(NC(C)=O)cc2)c2ccccc12. The minimum Gasteiger partial charge on any atom is -0.496 e. The van der Waals surface area contributed by atoms with E-state index in [0.29, 0.717) is 11.3 Å². The molecule has 0 saturated heterocycles. The molecule has 3 rings (SSSR count). The molecule has 3 aromatic carbocycles. The van der Waals surface area contributed by atoms with Gasteiger partial charge in [-0.2, -0.15) is 5.10 Å². The Morgan fingerprint density at radius 2 is 1.67 bits per heavy atom. The van der Waals surface area contributed by atoms with Crippen molar-refractivity contribution in [3.05, 3.63) is 71.8 Å². The molecule has 0 aliphatic heterocycles. The number of hydrazone groups is 1. The lowest BCUT2D eigenvalue weighted by Gasteiger charge is -2.07. The zero-order valence-electron chi connectivity index (χ0n) is 15.0. The fourth-order valence-electron chi connectivity index (χ4n) is 2.72. The summed E-state index contributed by atoms with van der Waals surface area (Å²) in [6, 6.07) is 18.2. The van der Waals surface area contributed by atoms with Gasteiger partial charge < -0.3 is 10.1 Å². The van der Waals surface area contributed by atoms with Crippen molar-refractivity contribution >= 4 is 34.5 Å². The normalized spacial score (nSPS) is 10.7. The molecule has 27 heavy (non-hydrogen) atoms. The lowest BCUT2D eigenvalue weighted by Crippen LogP contribution is -2.17. The van der Waals surface area contributed by atoms with E-state index in [1.54, 1.807) is 37.6 Å². The summed E-state index contributed by atoms with van der Waals surface area (Å²) in [7, 11) is 1.63. The first-order chi connectivity index (χ1) is 13.1. The number of carbonyl (C=O) groups is 2. The molecule has 0 spiro atoms. The van der Waals surface area contributed by atoms with E-state index >= 15 is 0 Å². The average molecular weight is 361 g/mol. The highest BCUT2D eigenvalue weighted by Gasteiger charge is 2.06. The zero-order valence-corrected chi connectivity index (χ0v) is 15.0. The molecule has 0 atom stereocenters. The summed E-state index contributed by atoms with van der Waals surface area (Å²) < 4.78 is 5.38. The predicted octanol–water partition coefficient (Wildman–Crippen LogP) is 3.57. The molecule has 3 aromatic rings. The molecule has 136 valence electrons. The highest BCUT2D eigenvalue weighted by molar-refractivity contribution is 6.03. The molecular formula is C21H19N3O3. The third kappa shape index (κ3) is 4.30. The second-order valence-electron chi connectivity index (χ2n) is 5.86. The molecule has 2 N–H and O–H groups in total. The van der Waals surface area contributed by atoms with Gasteiger partial charge in [0.15, 0.2) is 0 Å². The Labute approximate surface area is 156 Å². The minimum absolute atomic E-state index is 0.163. The van der Waals surface area contributed by atoms with Crippen molar-refractivity contribution in [1.82, 2.24) is 5.43 Å². The fraction of sp³-hybridized carbons (Fsp3) is 0.0952. The number of carbonyl (C=O) groups excluding carboxylic acids is 2. The van der Waals surface area contributed by atoms with Crippen LogP contribution in [0.15, 0.2) is 65.8 Å². The van der Waals surface area contributed by atoms with Crippen LogP contribution in [-0.4, -0.2) is 25.1 Å². The average Bonchev–Trinajstić information content (AvgIpc) is 2.68. The van der Waals surface area contributed by atoms with Crippen molar-refractivity contribution in [1.29, 1.82) is 0 Å². The monoisotopic (exact) mass is 361 g/mol. The number of benzene rings is 3. The van der Waals surface area contributed by atoms with Crippen LogP contribution in [-0.2, 0) is 4.79 Å². The van der Waals surface area contributed by atoms with Crippen molar-refractivity contribution in [2.75, 3.05) is 12.4 Å². The van der Waals surface area contributed by atoms with E-state index in [9.17, 15) is 9.59 Å². The molecule has 0 unspecified atom stereocenters. The molecule has 6 heteroatoms. The molecule has 0 aromatic heterocycles. The number of nitrogens with zero attached hydrogens (tertiary/aromatic N) is 1. The largest absolute Gasteiger partial charge is 0.496 e. The first-order valence-electron chi connectivity index (χ1n) is 8.35. The third-order valence-electron chi connectivity index (χ3n) is 3.97. The Morgan fingerprint density at radius 3 is 2.33 bits per heavy atom. The van der Waals surface area contributed by atoms with Gasteiger partial charge in [0.05, 0.1) is 13.3 Å². The molecule has 0 fully saturated rings. The van der Waals surface area contributed by atoms with E-state index in [1.165, 1.54) is 6.92 Å². The highest BCUT2D eigenvalue weighted by atomic mass is 16.5. The van der Waals surface area contributed by atoms with Crippen molar-refractivity contribution in [2.24, 2.45) is 5.10 Å². The standard InChI is InChI=1S/C21H19N3O3/c1-14(25)23-17-10-7-15(8-11-17)21(26)24-22-13-16-9-12-20(27-2)19-6-4-3-5-18(16)19/h3-13H,1-2H3,(H,23,25)(H,24,26)/b22-13-. The minimum atomic E-state index is -0.335. The first kappa shape index (κ1) is 18.1. The number of fused-ring (bicyclic) bond motifs is 1. The number of anilines is 1. The molecule has 0 radical (unpaired) electrons. The van der Waals surface area contributed by atoms with Crippen molar-refractivity contribution < 1.29 is 14.3 Å². The van der Waals surface area contributed by atoms with Crippen LogP contribution in [0, 0.1) is 0 Å². The van der Waals surface area contributed by atoms with Crippen LogP contribution in [0.25, 0.3) is 10.8 Å². The van der Waals surface area contributed by atoms with Gasteiger partial charge in [-0.05, 0) is 41.8 Å². The molecule has 0 aliphatic carbocycles. The van der Waals surface area contributed by atoms with Crippen molar-refractivity contribution in [2.45, 2.75) is 6.92 Å². The van der Waals surface area contributed by atoms with Crippen LogP contribution in [0.5, 0.6) is 5.75 Å². The molecular weight excluding hydrogens is 342 g/mol. The summed E-state index contributed by atoms with van der Waals surface area (Å²) in [5.74, 6) is 0.285. The quantitative estimate of drug-likeness (QED) is 0.538. The van der Waals surface area contributed by atoms with E-state index in [4.69, 9.17) is 4.74 Å². The Bertz CT molecular complexity index is 1010. The van der Waals surface area contributed by atoms with Crippen molar-refractivity contribution in [3.63, 3.8) is 0 Å². The first-order valence-corrected chi connectivity index (χ1v) is 8.35. The summed E-state index contributed by atoms with van der Waals surface area (Å²) in [6.45, 7) is 1.43. The second-order valence-corrected chi connectivity index (χ2v) is 5.86. The number of methoxy groups -OCH3 is 1. The van der Waals surface area contributed by atoms with Gasteiger partial charge in [-0.25, -0.2) is 5.43 Å². The topological polar surface area (TPSA) is 79.8 Å².